The Balaban J connectivity index is 2.07. The number of hydrogen-bond acceptors (Lipinski definition) is 6. The molecular formula is C21H30O6. The average molecular weight is 378 g/mol. The Bertz CT molecular complexity index is 756. The smallest absolute Gasteiger partial charge is 0.262 e. The van der Waals surface area contributed by atoms with E-state index in [2.05, 4.69) is 6.58 Å². The molecule has 1 heterocycles. The number of carbonyl (C=O) groups excluding carboxylic acids is 1. The fourth-order valence-corrected chi connectivity index (χ4v) is 6.62. The average Bonchev–Trinajstić information content (AvgIpc) is 2.79. The number of ketones is 1. The van der Waals surface area contributed by atoms with Gasteiger partial charge in [-0.2, -0.15) is 0 Å². The summed E-state index contributed by atoms with van der Waals surface area (Å²) in [5.41, 5.74) is -3.49. The van der Waals surface area contributed by atoms with Crippen molar-refractivity contribution in [3.63, 3.8) is 0 Å². The summed E-state index contributed by atoms with van der Waals surface area (Å²) >= 11 is 0. The van der Waals surface area contributed by atoms with E-state index in [1.165, 1.54) is 7.11 Å². The summed E-state index contributed by atoms with van der Waals surface area (Å²) in [6.45, 7) is 9.47. The molecule has 1 aliphatic heterocycles. The summed E-state index contributed by atoms with van der Waals surface area (Å²) in [6.07, 6.45) is 2.42. The minimum atomic E-state index is -2.34. The molecule has 0 aromatic heterocycles. The topological polar surface area (TPSA) is 96.2 Å². The number of ether oxygens (including phenoxy) is 2. The molecule has 6 atom stereocenters. The van der Waals surface area contributed by atoms with E-state index in [-0.39, 0.29) is 12.2 Å². The molecule has 1 saturated carbocycles. The molecule has 6 heteroatoms. The van der Waals surface area contributed by atoms with Crippen molar-refractivity contribution in [2.24, 2.45) is 16.2 Å². The van der Waals surface area contributed by atoms with Gasteiger partial charge in [0.25, 0.3) is 5.79 Å². The first-order chi connectivity index (χ1) is 12.5. The maximum absolute atomic E-state index is 13.6. The lowest BCUT2D eigenvalue weighted by Crippen LogP contribution is -2.75. The molecule has 0 radical (unpaired) electrons. The lowest BCUT2D eigenvalue weighted by molar-refractivity contribution is -0.292. The Labute approximate surface area is 159 Å². The van der Waals surface area contributed by atoms with Crippen LogP contribution in [0.5, 0.6) is 0 Å². The molecule has 3 N–H and O–H groups in total. The maximum Gasteiger partial charge on any atom is 0.262 e. The van der Waals surface area contributed by atoms with Crippen molar-refractivity contribution in [2.75, 3.05) is 13.7 Å². The van der Waals surface area contributed by atoms with Gasteiger partial charge in [-0.3, -0.25) is 4.79 Å². The minimum Gasteiger partial charge on any atom is -0.389 e. The first kappa shape index (κ1) is 19.3. The van der Waals surface area contributed by atoms with Gasteiger partial charge in [-0.05, 0) is 24.8 Å². The Morgan fingerprint density at radius 3 is 2.52 bits per heavy atom. The molecule has 150 valence electrons. The van der Waals surface area contributed by atoms with Crippen molar-refractivity contribution >= 4 is 5.78 Å². The monoisotopic (exact) mass is 378 g/mol. The second-order valence-electron chi connectivity index (χ2n) is 9.66. The van der Waals surface area contributed by atoms with E-state index in [1.807, 2.05) is 20.8 Å². The second-order valence-corrected chi connectivity index (χ2v) is 9.66. The third kappa shape index (κ3) is 1.82. The first-order valence-electron chi connectivity index (χ1n) is 9.68. The van der Waals surface area contributed by atoms with E-state index in [4.69, 9.17) is 9.47 Å². The molecule has 0 aromatic carbocycles. The van der Waals surface area contributed by atoms with E-state index in [0.29, 0.717) is 24.8 Å². The van der Waals surface area contributed by atoms with Crippen LogP contribution in [0.4, 0.5) is 0 Å². The van der Waals surface area contributed by atoms with Crippen LogP contribution in [0.25, 0.3) is 0 Å². The highest BCUT2D eigenvalue weighted by atomic mass is 16.7. The largest absolute Gasteiger partial charge is 0.389 e. The quantitative estimate of drug-likeness (QED) is 0.630. The van der Waals surface area contributed by atoms with Crippen molar-refractivity contribution in [2.45, 2.75) is 70.1 Å². The molecule has 6 nitrogen and oxygen atoms in total. The third-order valence-electron chi connectivity index (χ3n) is 7.98. The van der Waals surface area contributed by atoms with Crippen LogP contribution in [-0.2, 0) is 14.3 Å². The Kier molecular flexibility index (Phi) is 3.79. The SMILES string of the molecule is C=C[C@@]1(C)C[C@@H](O)C2=C(C(=O)[C@@]3(O)OC[C@@]24CCCC(C)(C)[C@@]43O)[C@H]1OC. The first-order valence-corrected chi connectivity index (χ1v) is 9.68. The number of hydrogen-bond donors (Lipinski definition) is 3. The Morgan fingerprint density at radius 1 is 1.26 bits per heavy atom. The number of Topliss-reactive ketones (excluding diaryl/α,β-unsaturated/α-hetero) is 1. The van der Waals surface area contributed by atoms with Gasteiger partial charge < -0.3 is 24.8 Å². The van der Waals surface area contributed by atoms with Gasteiger partial charge in [0, 0.05) is 23.5 Å². The third-order valence-corrected chi connectivity index (χ3v) is 7.98. The highest BCUT2D eigenvalue weighted by molar-refractivity contribution is 6.06. The summed E-state index contributed by atoms with van der Waals surface area (Å²) < 4.78 is 11.4. The van der Waals surface area contributed by atoms with Crippen molar-refractivity contribution < 1.29 is 29.6 Å². The molecule has 4 rings (SSSR count). The molecule has 2 fully saturated rings. The van der Waals surface area contributed by atoms with Crippen molar-refractivity contribution in [1.82, 2.24) is 0 Å². The van der Waals surface area contributed by atoms with Gasteiger partial charge in [0.1, 0.15) is 5.60 Å². The summed E-state index contributed by atoms with van der Waals surface area (Å²) in [7, 11) is 1.51. The van der Waals surface area contributed by atoms with Crippen LogP contribution >= 0.6 is 0 Å². The predicted molar refractivity (Wildman–Crippen MR) is 97.7 cm³/mol. The summed E-state index contributed by atoms with van der Waals surface area (Å²) in [6, 6.07) is 0. The molecule has 1 saturated heterocycles. The van der Waals surface area contributed by atoms with Gasteiger partial charge in [0.15, 0.2) is 0 Å². The van der Waals surface area contributed by atoms with E-state index in [1.54, 1.807) is 6.08 Å². The van der Waals surface area contributed by atoms with Crippen LogP contribution in [0.1, 0.15) is 46.5 Å². The highest BCUT2D eigenvalue weighted by Crippen LogP contribution is 2.70. The maximum atomic E-state index is 13.6. The van der Waals surface area contributed by atoms with E-state index < -0.39 is 45.6 Å². The van der Waals surface area contributed by atoms with Crippen LogP contribution < -0.4 is 0 Å². The Hall–Kier alpha value is -1.05. The predicted octanol–water partition coefficient (Wildman–Crippen LogP) is 1.48. The van der Waals surface area contributed by atoms with Crippen molar-refractivity contribution in [1.29, 1.82) is 0 Å². The molecule has 2 bridgehead atoms. The summed E-state index contributed by atoms with van der Waals surface area (Å²) in [4.78, 5) is 13.6. The van der Waals surface area contributed by atoms with Crippen molar-refractivity contribution in [3.8, 4) is 0 Å². The molecule has 0 unspecified atom stereocenters. The van der Waals surface area contributed by atoms with E-state index in [0.717, 1.165) is 6.42 Å². The Morgan fingerprint density at radius 2 is 1.93 bits per heavy atom. The van der Waals surface area contributed by atoms with Crippen LogP contribution in [0.3, 0.4) is 0 Å². The number of aliphatic hydroxyl groups excluding tert-OH is 1. The number of carbonyl (C=O) groups is 1. The standard InChI is InChI=1S/C21H30O6/c1-6-18(4)10-12(22)14-13(16(18)26-5)15(23)20(24)21(25)17(2,3)8-7-9-19(14,21)11-27-20/h6,12,16,22,24-25H,1,7-11H2,2-5H3/t12-,16-,18+,19+,20-,21-/m1/s1. The zero-order valence-electron chi connectivity index (χ0n) is 16.5. The molecule has 4 aliphatic rings. The number of aliphatic hydroxyl groups is 3. The molecule has 0 amide bonds. The van der Waals surface area contributed by atoms with Gasteiger partial charge in [0.05, 0.1) is 24.2 Å². The fourth-order valence-electron chi connectivity index (χ4n) is 6.62. The lowest BCUT2D eigenvalue weighted by Gasteiger charge is -2.62. The van der Waals surface area contributed by atoms with Crippen molar-refractivity contribution in [3.05, 3.63) is 23.8 Å². The van der Waals surface area contributed by atoms with Gasteiger partial charge in [-0.15, -0.1) is 6.58 Å². The summed E-state index contributed by atoms with van der Waals surface area (Å²) in [5.74, 6) is -3.03. The summed E-state index contributed by atoms with van der Waals surface area (Å²) in [5, 5.41) is 34.5. The van der Waals surface area contributed by atoms with Gasteiger partial charge in [-0.1, -0.05) is 33.3 Å². The second kappa shape index (κ2) is 5.30. The van der Waals surface area contributed by atoms with Crippen LogP contribution in [0.15, 0.2) is 23.8 Å². The van der Waals surface area contributed by atoms with Gasteiger partial charge in [-0.25, -0.2) is 0 Å². The fraction of sp³-hybridized carbons (Fsp3) is 0.762. The van der Waals surface area contributed by atoms with E-state index in [9.17, 15) is 20.1 Å². The molecule has 0 spiro atoms. The van der Waals surface area contributed by atoms with Crippen LogP contribution in [0, 0.1) is 16.2 Å². The zero-order valence-corrected chi connectivity index (χ0v) is 16.5. The highest BCUT2D eigenvalue weighted by Gasteiger charge is 2.82. The molecule has 0 aromatic rings. The lowest BCUT2D eigenvalue weighted by atomic mass is 9.43. The van der Waals surface area contributed by atoms with Crippen LogP contribution in [-0.4, -0.2) is 58.4 Å². The number of rotatable bonds is 2. The minimum absolute atomic E-state index is 0.00625. The number of methoxy groups -OCH3 is 1. The van der Waals surface area contributed by atoms with Crippen LogP contribution in [0.2, 0.25) is 0 Å². The van der Waals surface area contributed by atoms with E-state index >= 15 is 0 Å². The molecule has 3 aliphatic carbocycles. The normalized spacial score (nSPS) is 51.0. The molecular weight excluding hydrogens is 348 g/mol. The van der Waals surface area contributed by atoms with Gasteiger partial charge in [0.2, 0.25) is 5.78 Å². The zero-order chi connectivity index (χ0) is 20.0. The van der Waals surface area contributed by atoms with Gasteiger partial charge >= 0.3 is 0 Å². The molecule has 27 heavy (non-hydrogen) atoms.